The summed E-state index contributed by atoms with van der Waals surface area (Å²) in [6.45, 7) is 10.1. The number of hydrogen-bond donors (Lipinski definition) is 2. The first-order chi connectivity index (χ1) is 15.7. The lowest BCUT2D eigenvalue weighted by Gasteiger charge is -2.15. The zero-order valence-electron chi connectivity index (χ0n) is 19.9. The van der Waals surface area contributed by atoms with Crippen molar-refractivity contribution in [2.45, 2.75) is 45.4 Å². The molecule has 9 nitrogen and oxygen atoms in total. The molecule has 0 unspecified atom stereocenters. The number of rotatable bonds is 11. The lowest BCUT2D eigenvalue weighted by atomic mass is 10.2. The third-order valence-electron chi connectivity index (χ3n) is 4.89. The van der Waals surface area contributed by atoms with Crippen LogP contribution in [0.1, 0.15) is 17.3 Å². The highest BCUT2D eigenvalue weighted by Gasteiger charge is 2.20. The smallest absolute Gasteiger partial charge is 0.255 e. The molecule has 10 heteroatoms. The van der Waals surface area contributed by atoms with Gasteiger partial charge in [0.05, 0.1) is 18.4 Å². The van der Waals surface area contributed by atoms with Crippen LogP contribution in [-0.4, -0.2) is 54.9 Å². The maximum Gasteiger partial charge on any atom is 0.255 e. The third-order valence-corrected chi connectivity index (χ3v) is 6.59. The van der Waals surface area contributed by atoms with Crippen LogP contribution in [0.3, 0.4) is 0 Å². The van der Waals surface area contributed by atoms with E-state index in [0.717, 1.165) is 6.04 Å². The van der Waals surface area contributed by atoms with Crippen molar-refractivity contribution in [3.8, 4) is 11.6 Å². The van der Waals surface area contributed by atoms with Crippen molar-refractivity contribution in [2.75, 3.05) is 26.1 Å². The summed E-state index contributed by atoms with van der Waals surface area (Å²) in [5, 5.41) is 2.93. The van der Waals surface area contributed by atoms with Gasteiger partial charge in [-0.15, -0.1) is 0 Å². The quantitative estimate of drug-likeness (QED) is 0.248. The van der Waals surface area contributed by atoms with Gasteiger partial charge < -0.3 is 29.8 Å². The Balaban J connectivity index is 1.88. The first-order valence-corrected chi connectivity index (χ1v) is 14.6. The van der Waals surface area contributed by atoms with Crippen molar-refractivity contribution < 1.29 is 19.0 Å². The molecule has 0 aliphatic carbocycles. The Kier molecular flexibility index (Phi) is 8.06. The summed E-state index contributed by atoms with van der Waals surface area (Å²) in [5.74, 6) is 0.544. The standard InChI is InChI=1S/C23H33N5O4Si/c1-16(14-30-2)26-23(29)19-13-28(15-31-9-10-33(3,4)5)22-21(19)27-20(12-25-22)32-18-8-6-7-17(24)11-18/h6-8,11-13,16H,9-10,14-15,24H2,1-5H3,(H,26,29)/t16-/m0/s1. The Morgan fingerprint density at radius 3 is 2.79 bits per heavy atom. The Hall–Kier alpha value is -2.95. The van der Waals surface area contributed by atoms with Gasteiger partial charge in [0.25, 0.3) is 5.91 Å². The van der Waals surface area contributed by atoms with Crippen LogP contribution in [0.25, 0.3) is 11.2 Å². The topological polar surface area (TPSA) is 114 Å². The van der Waals surface area contributed by atoms with Crippen molar-refractivity contribution >= 4 is 30.8 Å². The van der Waals surface area contributed by atoms with Crippen molar-refractivity contribution in [3.63, 3.8) is 0 Å². The number of nitrogens with one attached hydrogen (secondary N) is 1. The van der Waals surface area contributed by atoms with E-state index in [4.69, 9.17) is 19.9 Å². The van der Waals surface area contributed by atoms with Crippen molar-refractivity contribution in [1.82, 2.24) is 19.9 Å². The van der Waals surface area contributed by atoms with E-state index in [9.17, 15) is 4.79 Å². The second-order valence-electron chi connectivity index (χ2n) is 9.25. The molecule has 1 aromatic carbocycles. The molecule has 0 aliphatic rings. The normalized spacial score (nSPS) is 12.6. The predicted molar refractivity (Wildman–Crippen MR) is 131 cm³/mol. The summed E-state index contributed by atoms with van der Waals surface area (Å²) in [5.41, 5.74) is 7.79. The van der Waals surface area contributed by atoms with E-state index in [0.29, 0.717) is 41.4 Å². The van der Waals surface area contributed by atoms with Crippen molar-refractivity contribution in [3.05, 3.63) is 42.2 Å². The van der Waals surface area contributed by atoms with Crippen molar-refractivity contribution in [2.24, 2.45) is 0 Å². The lowest BCUT2D eigenvalue weighted by Crippen LogP contribution is -2.35. The first kappa shape index (κ1) is 24.7. The second-order valence-corrected chi connectivity index (χ2v) is 14.9. The minimum absolute atomic E-state index is 0.159. The molecule has 3 N–H and O–H groups in total. The Labute approximate surface area is 195 Å². The van der Waals surface area contributed by atoms with Crippen LogP contribution in [-0.2, 0) is 16.2 Å². The second kappa shape index (κ2) is 10.8. The van der Waals surface area contributed by atoms with E-state index in [1.54, 1.807) is 42.1 Å². The maximum atomic E-state index is 13.0. The monoisotopic (exact) mass is 471 g/mol. The van der Waals surface area contributed by atoms with Crippen LogP contribution in [0.15, 0.2) is 36.7 Å². The van der Waals surface area contributed by atoms with Gasteiger partial charge in [-0.3, -0.25) is 4.79 Å². The molecule has 0 saturated heterocycles. The molecular weight excluding hydrogens is 438 g/mol. The molecule has 0 saturated carbocycles. The predicted octanol–water partition coefficient (Wildman–Crippen LogP) is 3.88. The van der Waals surface area contributed by atoms with Gasteiger partial charge in [0.15, 0.2) is 5.65 Å². The minimum atomic E-state index is -1.20. The molecule has 1 atom stereocenters. The highest BCUT2D eigenvalue weighted by molar-refractivity contribution is 6.76. The highest BCUT2D eigenvalue weighted by Crippen LogP contribution is 2.25. The average Bonchev–Trinajstić information content (AvgIpc) is 3.09. The Morgan fingerprint density at radius 1 is 1.30 bits per heavy atom. The summed E-state index contributed by atoms with van der Waals surface area (Å²) >= 11 is 0. The number of carbonyl (C=O) groups excluding carboxylic acids is 1. The molecule has 1 amide bonds. The zero-order valence-corrected chi connectivity index (χ0v) is 20.9. The number of nitrogen functional groups attached to an aromatic ring is 1. The number of ether oxygens (including phenoxy) is 3. The molecule has 0 spiro atoms. The van der Waals surface area contributed by atoms with Crippen LogP contribution in [0.2, 0.25) is 25.7 Å². The largest absolute Gasteiger partial charge is 0.437 e. The van der Waals surface area contributed by atoms with Gasteiger partial charge in [-0.1, -0.05) is 25.7 Å². The van der Waals surface area contributed by atoms with Crippen LogP contribution in [0.5, 0.6) is 11.6 Å². The molecule has 0 aliphatic heterocycles. The van der Waals surface area contributed by atoms with Gasteiger partial charge in [-0.2, -0.15) is 0 Å². The molecular formula is C23H33N5O4Si. The van der Waals surface area contributed by atoms with E-state index < -0.39 is 8.07 Å². The summed E-state index contributed by atoms with van der Waals surface area (Å²) in [4.78, 5) is 22.1. The van der Waals surface area contributed by atoms with E-state index in [1.807, 2.05) is 6.92 Å². The van der Waals surface area contributed by atoms with E-state index in [2.05, 4.69) is 34.9 Å². The van der Waals surface area contributed by atoms with Gasteiger partial charge in [0, 0.05) is 45.8 Å². The third kappa shape index (κ3) is 7.01. The van der Waals surface area contributed by atoms with Crippen LogP contribution < -0.4 is 15.8 Å². The summed E-state index contributed by atoms with van der Waals surface area (Å²) < 4.78 is 18.6. The minimum Gasteiger partial charge on any atom is -0.437 e. The SMILES string of the molecule is COC[C@H](C)NC(=O)c1cn(COCC[Si](C)(C)C)c2ncc(Oc3cccc(N)c3)nc12. The van der Waals surface area contributed by atoms with E-state index in [-0.39, 0.29) is 24.6 Å². The average molecular weight is 472 g/mol. The molecule has 0 radical (unpaired) electrons. The molecule has 2 aromatic heterocycles. The number of amides is 1. The van der Waals surface area contributed by atoms with Gasteiger partial charge in [-0.05, 0) is 25.1 Å². The van der Waals surface area contributed by atoms with Gasteiger partial charge in [-0.25, -0.2) is 9.97 Å². The summed E-state index contributed by atoms with van der Waals surface area (Å²) in [7, 11) is 0.395. The number of benzene rings is 1. The summed E-state index contributed by atoms with van der Waals surface area (Å²) in [6.07, 6.45) is 3.25. The fraction of sp³-hybridized carbons (Fsp3) is 0.435. The first-order valence-electron chi connectivity index (χ1n) is 10.9. The molecule has 0 bridgehead atoms. The van der Waals surface area contributed by atoms with Crippen LogP contribution >= 0.6 is 0 Å². The number of nitrogens with two attached hydrogens (primary N) is 1. The fourth-order valence-corrected chi connectivity index (χ4v) is 3.94. The number of aromatic nitrogens is 3. The van der Waals surface area contributed by atoms with Crippen molar-refractivity contribution in [1.29, 1.82) is 0 Å². The molecule has 178 valence electrons. The Bertz CT molecular complexity index is 1100. The maximum absolute atomic E-state index is 13.0. The van der Waals surface area contributed by atoms with Gasteiger partial charge in [0.2, 0.25) is 5.88 Å². The number of carbonyl (C=O) groups is 1. The van der Waals surface area contributed by atoms with E-state index >= 15 is 0 Å². The summed E-state index contributed by atoms with van der Waals surface area (Å²) in [6, 6.07) is 7.93. The van der Waals surface area contributed by atoms with Gasteiger partial charge in [0.1, 0.15) is 18.0 Å². The number of hydrogen-bond acceptors (Lipinski definition) is 7. The molecule has 33 heavy (non-hydrogen) atoms. The van der Waals surface area contributed by atoms with E-state index in [1.165, 1.54) is 6.20 Å². The molecule has 2 heterocycles. The lowest BCUT2D eigenvalue weighted by molar-refractivity contribution is 0.0881. The zero-order chi connectivity index (χ0) is 24.0. The number of nitrogens with zero attached hydrogens (tertiary/aromatic N) is 3. The molecule has 3 rings (SSSR count). The molecule has 0 fully saturated rings. The molecule has 3 aromatic rings. The number of methoxy groups -OCH3 is 1. The highest BCUT2D eigenvalue weighted by atomic mass is 28.3. The van der Waals surface area contributed by atoms with Crippen LogP contribution in [0.4, 0.5) is 5.69 Å². The van der Waals surface area contributed by atoms with Gasteiger partial charge >= 0.3 is 0 Å². The van der Waals surface area contributed by atoms with Crippen LogP contribution in [0, 0.1) is 0 Å². The number of fused-ring (bicyclic) bond motifs is 1. The number of anilines is 1. The Morgan fingerprint density at radius 2 is 2.09 bits per heavy atom. The fourth-order valence-electron chi connectivity index (χ4n) is 3.18.